The first-order valence-corrected chi connectivity index (χ1v) is 7.65. The van der Waals surface area contributed by atoms with Crippen molar-refractivity contribution in [1.82, 2.24) is 4.90 Å². The van der Waals surface area contributed by atoms with E-state index in [-0.39, 0.29) is 0 Å². The van der Waals surface area contributed by atoms with Crippen LogP contribution >= 0.6 is 22.6 Å². The average Bonchev–Trinajstić information content (AvgIpc) is 2.56. The molecule has 19 heavy (non-hydrogen) atoms. The third-order valence-electron chi connectivity index (χ3n) is 3.71. The zero-order chi connectivity index (χ0) is 13.4. The Morgan fingerprint density at radius 3 is 2.95 bits per heavy atom. The molecule has 0 bridgehead atoms. The van der Waals surface area contributed by atoms with Gasteiger partial charge in [-0.2, -0.15) is 0 Å². The Balaban J connectivity index is 2.05. The largest absolute Gasteiger partial charge is 0.378 e. The monoisotopic (exact) mass is 364 g/mol. The molecule has 1 unspecified atom stereocenters. The van der Waals surface area contributed by atoms with Gasteiger partial charge in [0, 0.05) is 35.0 Å². The van der Waals surface area contributed by atoms with Gasteiger partial charge in [0.15, 0.2) is 0 Å². The maximum atomic E-state index is 4.91. The normalized spacial score (nSPS) is 20.9. The molecule has 98 valence electrons. The molecule has 0 N–H and O–H groups in total. The van der Waals surface area contributed by atoms with Gasteiger partial charge in [-0.25, -0.2) is 0 Å². The fraction of sp³-hybridized carbons (Fsp3) is 0.312. The Morgan fingerprint density at radius 1 is 1.32 bits per heavy atom. The Hall–Kier alpha value is -1.10. The van der Waals surface area contributed by atoms with Gasteiger partial charge >= 0.3 is 0 Å². The van der Waals surface area contributed by atoms with Crippen LogP contribution in [-0.4, -0.2) is 24.7 Å². The third-order valence-corrected chi connectivity index (χ3v) is 4.38. The molecule has 0 radical (unpaired) electrons. The third kappa shape index (κ3) is 2.61. The van der Waals surface area contributed by atoms with Crippen LogP contribution in [0.4, 0.5) is 5.69 Å². The van der Waals surface area contributed by atoms with E-state index in [0.717, 1.165) is 18.5 Å². The second-order valence-electron chi connectivity index (χ2n) is 5.28. The molecule has 1 heterocycles. The fourth-order valence-corrected chi connectivity index (χ4v) is 3.03. The summed E-state index contributed by atoms with van der Waals surface area (Å²) in [4.78, 5) is 7.05. The van der Waals surface area contributed by atoms with Crippen LogP contribution in [0.1, 0.15) is 12.0 Å². The van der Waals surface area contributed by atoms with E-state index in [4.69, 9.17) is 4.99 Å². The van der Waals surface area contributed by atoms with Gasteiger partial charge in [0.2, 0.25) is 0 Å². The summed E-state index contributed by atoms with van der Waals surface area (Å²) >= 11 is 2.35. The molecule has 0 saturated carbocycles. The molecule has 0 aromatic heterocycles. The maximum absolute atomic E-state index is 4.91. The van der Waals surface area contributed by atoms with Gasteiger partial charge in [0.05, 0.1) is 5.69 Å². The van der Waals surface area contributed by atoms with Crippen LogP contribution in [0.2, 0.25) is 0 Å². The van der Waals surface area contributed by atoms with E-state index in [9.17, 15) is 0 Å². The highest BCUT2D eigenvalue weighted by Gasteiger charge is 2.20. The summed E-state index contributed by atoms with van der Waals surface area (Å²) in [6.45, 7) is 0. The van der Waals surface area contributed by atoms with Crippen molar-refractivity contribution in [2.24, 2.45) is 10.9 Å². The number of benzene rings is 1. The number of aliphatic imine (C=N–C) groups is 1. The van der Waals surface area contributed by atoms with Crippen molar-refractivity contribution in [3.8, 4) is 0 Å². The van der Waals surface area contributed by atoms with Crippen LogP contribution < -0.4 is 0 Å². The number of rotatable bonds is 1. The van der Waals surface area contributed by atoms with Crippen LogP contribution in [0.15, 0.2) is 47.1 Å². The van der Waals surface area contributed by atoms with Gasteiger partial charge in [-0.1, -0.05) is 12.1 Å². The van der Waals surface area contributed by atoms with Crippen LogP contribution in [0, 0.1) is 9.49 Å². The SMILES string of the molecule is CN(C)C1=CC2=Nc3cc(I)ccc3CCC2C=C1. The predicted octanol–water partition coefficient (Wildman–Crippen LogP) is 3.94. The molecule has 1 aromatic carbocycles. The molecule has 3 heteroatoms. The summed E-state index contributed by atoms with van der Waals surface area (Å²) in [7, 11) is 4.15. The number of aryl methyl sites for hydroxylation is 1. The second kappa shape index (κ2) is 5.12. The van der Waals surface area contributed by atoms with Gasteiger partial charge in [-0.3, -0.25) is 4.99 Å². The summed E-state index contributed by atoms with van der Waals surface area (Å²) in [6, 6.07) is 6.58. The van der Waals surface area contributed by atoms with Gasteiger partial charge in [0.25, 0.3) is 0 Å². The smallest absolute Gasteiger partial charge is 0.0675 e. The van der Waals surface area contributed by atoms with Gasteiger partial charge < -0.3 is 4.90 Å². The summed E-state index contributed by atoms with van der Waals surface area (Å²) in [5.74, 6) is 0.466. The van der Waals surface area contributed by atoms with E-state index in [1.165, 1.54) is 20.5 Å². The lowest BCUT2D eigenvalue weighted by Gasteiger charge is -2.21. The van der Waals surface area contributed by atoms with Crippen molar-refractivity contribution >= 4 is 34.0 Å². The molecule has 0 amide bonds. The van der Waals surface area contributed by atoms with Crippen LogP contribution in [-0.2, 0) is 6.42 Å². The molecule has 0 spiro atoms. The molecular weight excluding hydrogens is 347 g/mol. The molecule has 1 aromatic rings. The van der Waals surface area contributed by atoms with Gasteiger partial charge in [-0.05, 0) is 65.3 Å². The highest BCUT2D eigenvalue weighted by atomic mass is 127. The highest BCUT2D eigenvalue weighted by molar-refractivity contribution is 14.1. The molecular formula is C16H17IN2. The fourth-order valence-electron chi connectivity index (χ4n) is 2.56. The topological polar surface area (TPSA) is 15.6 Å². The van der Waals surface area contributed by atoms with Crippen LogP contribution in [0.3, 0.4) is 0 Å². The van der Waals surface area contributed by atoms with E-state index >= 15 is 0 Å². The quantitative estimate of drug-likeness (QED) is 0.690. The highest BCUT2D eigenvalue weighted by Crippen LogP contribution is 2.31. The lowest BCUT2D eigenvalue weighted by molar-refractivity contribution is 0.527. The summed E-state index contributed by atoms with van der Waals surface area (Å²) in [6.07, 6.45) is 8.99. The van der Waals surface area contributed by atoms with Crippen molar-refractivity contribution in [1.29, 1.82) is 0 Å². The zero-order valence-electron chi connectivity index (χ0n) is 11.2. The molecule has 1 aliphatic heterocycles. The first kappa shape index (κ1) is 12.9. The first-order valence-electron chi connectivity index (χ1n) is 6.58. The molecule has 3 rings (SSSR count). The maximum Gasteiger partial charge on any atom is 0.0675 e. The summed E-state index contributed by atoms with van der Waals surface area (Å²) < 4.78 is 1.25. The van der Waals surface area contributed by atoms with E-state index in [2.05, 4.69) is 78.0 Å². The standard InChI is InChI=1S/C16H17IN2/c1-19(2)14-8-6-12-4-3-11-5-7-13(17)9-15(11)18-16(12)10-14/h5-10,12H,3-4H2,1-2H3. The summed E-state index contributed by atoms with van der Waals surface area (Å²) in [5.41, 5.74) is 4.95. The molecule has 2 aliphatic rings. The Kier molecular flexibility index (Phi) is 3.48. The number of nitrogens with zero attached hydrogens (tertiary/aromatic N) is 2. The number of fused-ring (bicyclic) bond motifs is 2. The number of hydrogen-bond acceptors (Lipinski definition) is 2. The number of hydrogen-bond donors (Lipinski definition) is 0. The van der Waals surface area contributed by atoms with Crippen molar-refractivity contribution in [3.63, 3.8) is 0 Å². The van der Waals surface area contributed by atoms with Gasteiger partial charge in [-0.15, -0.1) is 0 Å². The molecule has 0 fully saturated rings. The predicted molar refractivity (Wildman–Crippen MR) is 89.0 cm³/mol. The van der Waals surface area contributed by atoms with Crippen molar-refractivity contribution in [3.05, 3.63) is 51.3 Å². The van der Waals surface area contributed by atoms with E-state index < -0.39 is 0 Å². The van der Waals surface area contributed by atoms with Gasteiger partial charge in [0.1, 0.15) is 0 Å². The minimum atomic E-state index is 0.466. The minimum absolute atomic E-state index is 0.466. The number of likely N-dealkylation sites (N-methyl/N-ethyl adjacent to an activating group) is 1. The zero-order valence-corrected chi connectivity index (χ0v) is 13.4. The Labute approximate surface area is 128 Å². The molecule has 0 saturated heterocycles. The minimum Gasteiger partial charge on any atom is -0.378 e. The van der Waals surface area contributed by atoms with E-state index in [0.29, 0.717) is 5.92 Å². The van der Waals surface area contributed by atoms with E-state index in [1.807, 2.05) is 0 Å². The lowest BCUT2D eigenvalue weighted by atomic mass is 9.92. The van der Waals surface area contributed by atoms with Crippen molar-refractivity contribution in [2.45, 2.75) is 12.8 Å². The van der Waals surface area contributed by atoms with Crippen LogP contribution in [0.25, 0.3) is 0 Å². The molecule has 1 aliphatic carbocycles. The number of allylic oxidation sites excluding steroid dienone is 3. The number of halogens is 1. The van der Waals surface area contributed by atoms with Crippen molar-refractivity contribution in [2.75, 3.05) is 14.1 Å². The lowest BCUT2D eigenvalue weighted by Crippen LogP contribution is -2.19. The summed E-state index contributed by atoms with van der Waals surface area (Å²) in [5, 5.41) is 0. The van der Waals surface area contributed by atoms with E-state index in [1.54, 1.807) is 0 Å². The van der Waals surface area contributed by atoms with Crippen LogP contribution in [0.5, 0.6) is 0 Å². The Bertz CT molecular complexity index is 597. The average molecular weight is 364 g/mol. The van der Waals surface area contributed by atoms with Crippen molar-refractivity contribution < 1.29 is 0 Å². The molecule has 2 nitrogen and oxygen atoms in total. The second-order valence-corrected chi connectivity index (χ2v) is 6.52. The Morgan fingerprint density at radius 2 is 2.16 bits per heavy atom. The first-order chi connectivity index (χ1) is 9.13. The molecule has 1 atom stereocenters.